The van der Waals surface area contributed by atoms with E-state index in [1.54, 1.807) is 6.92 Å². The molecule has 3 rings (SSSR count). The van der Waals surface area contributed by atoms with Crippen molar-refractivity contribution >= 4 is 13.0 Å². The topological polar surface area (TPSA) is 92.5 Å². The van der Waals surface area contributed by atoms with Crippen LogP contribution in [0.2, 0.25) is 0 Å². The first-order chi connectivity index (χ1) is 10.5. The van der Waals surface area contributed by atoms with Crippen molar-refractivity contribution in [3.63, 3.8) is 0 Å². The normalized spacial score (nSPS) is 18.1. The maximum atomic E-state index is 14.0. The highest BCUT2D eigenvalue weighted by atomic mass is 19.1. The summed E-state index contributed by atoms with van der Waals surface area (Å²) in [6.45, 7) is 1.59. The zero-order chi connectivity index (χ0) is 15.9. The lowest BCUT2D eigenvalue weighted by molar-refractivity contribution is -0.770. The second-order valence-corrected chi connectivity index (χ2v) is 5.17. The van der Waals surface area contributed by atoms with E-state index in [-0.39, 0.29) is 42.0 Å². The van der Waals surface area contributed by atoms with E-state index in [2.05, 4.69) is 0 Å². The molecule has 0 bridgehead atoms. The molecule has 7 nitrogen and oxygen atoms in total. The van der Waals surface area contributed by atoms with Crippen LogP contribution in [0.4, 0.5) is 4.39 Å². The minimum Gasteiger partial charge on any atom is -0.626 e. The summed E-state index contributed by atoms with van der Waals surface area (Å²) in [5.74, 6) is -2.24. The number of fused-ring (bicyclic) bond motifs is 1. The molecule has 2 N–H and O–H groups in total. The molecule has 0 radical (unpaired) electrons. The predicted octanol–water partition coefficient (Wildman–Crippen LogP) is -0.299. The highest BCUT2D eigenvalue weighted by Crippen LogP contribution is 2.42. The van der Waals surface area contributed by atoms with Gasteiger partial charge in [-0.25, -0.2) is 9.18 Å². The first-order valence-corrected chi connectivity index (χ1v) is 7.08. The fraction of sp³-hybridized carbons (Fsp3) is 0.462. The summed E-state index contributed by atoms with van der Waals surface area (Å²) in [5, 5.41) is 21.0. The smallest absolute Gasteiger partial charge is 0.563 e. The number of amides is 1. The van der Waals surface area contributed by atoms with Gasteiger partial charge in [0.15, 0.2) is 22.9 Å². The maximum absolute atomic E-state index is 14.0. The lowest BCUT2D eigenvalue weighted by Crippen LogP contribution is -3.11. The zero-order valence-corrected chi connectivity index (χ0v) is 11.9. The van der Waals surface area contributed by atoms with Gasteiger partial charge in [-0.05, 0) is 6.92 Å². The molecule has 0 saturated heterocycles. The molecule has 1 saturated carbocycles. The van der Waals surface area contributed by atoms with Crippen LogP contribution in [0.1, 0.15) is 30.1 Å². The Morgan fingerprint density at radius 2 is 2.32 bits per heavy atom. The summed E-state index contributed by atoms with van der Waals surface area (Å²) >= 11 is 0. The molecule has 1 unspecified atom stereocenters. The number of carbonyl (C=O) groups is 1. The van der Waals surface area contributed by atoms with Crippen molar-refractivity contribution in [1.82, 2.24) is 0 Å². The summed E-state index contributed by atoms with van der Waals surface area (Å²) < 4.78 is 29.5. The fourth-order valence-corrected chi connectivity index (χ4v) is 2.30. The van der Waals surface area contributed by atoms with Crippen LogP contribution in [-0.4, -0.2) is 37.2 Å². The molecule has 1 aromatic carbocycles. The van der Waals surface area contributed by atoms with Gasteiger partial charge in [0.2, 0.25) is 0 Å². The number of carbonyl (C=O) groups excluding carboxylic acids is 1. The van der Waals surface area contributed by atoms with Gasteiger partial charge in [0, 0.05) is 18.9 Å². The van der Waals surface area contributed by atoms with Crippen molar-refractivity contribution in [2.45, 2.75) is 25.8 Å². The third kappa shape index (κ3) is 2.62. The largest absolute Gasteiger partial charge is 0.626 e. The predicted molar refractivity (Wildman–Crippen MR) is 73.3 cm³/mol. The molecule has 0 aromatic heterocycles. The van der Waals surface area contributed by atoms with Crippen molar-refractivity contribution < 1.29 is 33.4 Å². The van der Waals surface area contributed by atoms with Crippen LogP contribution < -0.4 is 19.2 Å². The molecule has 1 aliphatic carbocycles. The number of nitrogens with one attached hydrogen (secondary N) is 1. The number of quaternary nitrogens is 1. The summed E-state index contributed by atoms with van der Waals surface area (Å²) in [7, 11) is -1.34. The van der Waals surface area contributed by atoms with Gasteiger partial charge in [-0.1, -0.05) is 0 Å². The maximum Gasteiger partial charge on any atom is 0.563 e. The van der Waals surface area contributed by atoms with Crippen LogP contribution >= 0.6 is 0 Å². The Balaban J connectivity index is 2.09. The van der Waals surface area contributed by atoms with Crippen molar-refractivity contribution in [3.05, 3.63) is 22.7 Å². The van der Waals surface area contributed by atoms with E-state index in [0.29, 0.717) is 12.8 Å². The average Bonchev–Trinajstić information content (AvgIpc) is 3.31. The zero-order valence-electron chi connectivity index (χ0n) is 11.9. The number of rotatable bonds is 4. The minimum atomic E-state index is -1.34. The second kappa shape index (κ2) is 5.75. The van der Waals surface area contributed by atoms with Crippen molar-refractivity contribution in [3.8, 4) is 17.2 Å². The Bertz CT molecular complexity index is 609. The van der Waals surface area contributed by atoms with E-state index in [4.69, 9.17) is 14.1 Å². The Labute approximate surface area is 126 Å². The Hall–Kier alpha value is -1.84. The van der Waals surface area contributed by atoms with Crippen molar-refractivity contribution in [2.75, 3.05) is 13.1 Å². The molecule has 1 aromatic rings. The SMILES string of the molecule is CCOc1cc(F)c2c(c1C(=O)[NH+]([O-])C1CC1)OB(O)CO2. The number of halogens is 1. The standard InChI is InChI=1S/C13H15BFNO6/c1-2-20-9-5-8(15)11-12(22-14(18)6-21-11)10(9)13(17)16(19)7-3-4-7/h5,7,16,18H,2-4,6H2,1H3. The number of hydrogen-bond acceptors (Lipinski definition) is 6. The first-order valence-electron chi connectivity index (χ1n) is 7.08. The molecular weight excluding hydrogens is 296 g/mol. The average molecular weight is 311 g/mol. The van der Waals surface area contributed by atoms with E-state index in [0.717, 1.165) is 6.07 Å². The van der Waals surface area contributed by atoms with Crippen LogP contribution in [0, 0.1) is 11.0 Å². The van der Waals surface area contributed by atoms with E-state index >= 15 is 0 Å². The van der Waals surface area contributed by atoms with Gasteiger partial charge in [-0.3, -0.25) is 0 Å². The van der Waals surface area contributed by atoms with Gasteiger partial charge in [0.05, 0.1) is 12.6 Å². The summed E-state index contributed by atoms with van der Waals surface area (Å²) in [4.78, 5) is 12.4. The van der Waals surface area contributed by atoms with Gasteiger partial charge in [0.25, 0.3) is 0 Å². The molecular formula is C13H15BFNO6. The van der Waals surface area contributed by atoms with Gasteiger partial charge in [-0.15, -0.1) is 0 Å². The third-order valence-electron chi connectivity index (χ3n) is 3.48. The molecule has 9 heteroatoms. The molecule has 1 heterocycles. The second-order valence-electron chi connectivity index (χ2n) is 5.17. The van der Waals surface area contributed by atoms with Crippen LogP contribution in [0.5, 0.6) is 17.2 Å². The van der Waals surface area contributed by atoms with Crippen LogP contribution in [0.15, 0.2) is 6.07 Å². The molecule has 1 atom stereocenters. The van der Waals surface area contributed by atoms with E-state index < -0.39 is 23.9 Å². The lowest BCUT2D eigenvalue weighted by atomic mass is 9.91. The molecule has 1 aliphatic heterocycles. The van der Waals surface area contributed by atoms with E-state index in [1.807, 2.05) is 0 Å². The molecule has 1 amide bonds. The quantitative estimate of drug-likeness (QED) is 0.586. The lowest BCUT2D eigenvalue weighted by Gasteiger charge is -2.26. The van der Waals surface area contributed by atoms with Gasteiger partial charge < -0.3 is 29.4 Å². The monoisotopic (exact) mass is 311 g/mol. The van der Waals surface area contributed by atoms with Crippen LogP contribution in [0.25, 0.3) is 0 Å². The Kier molecular flexibility index (Phi) is 3.94. The minimum absolute atomic E-state index is 0.0875. The number of benzene rings is 1. The molecule has 118 valence electrons. The fourth-order valence-electron chi connectivity index (χ4n) is 2.30. The van der Waals surface area contributed by atoms with Crippen molar-refractivity contribution in [2.24, 2.45) is 0 Å². The van der Waals surface area contributed by atoms with Crippen LogP contribution in [0.3, 0.4) is 0 Å². The first kappa shape index (κ1) is 15.1. The Morgan fingerprint density at radius 3 is 2.95 bits per heavy atom. The van der Waals surface area contributed by atoms with Crippen LogP contribution in [-0.2, 0) is 0 Å². The van der Waals surface area contributed by atoms with Crippen molar-refractivity contribution in [1.29, 1.82) is 0 Å². The van der Waals surface area contributed by atoms with Gasteiger partial charge in [0.1, 0.15) is 12.3 Å². The number of ether oxygens (including phenoxy) is 2. The highest BCUT2D eigenvalue weighted by molar-refractivity contribution is 6.44. The summed E-state index contributed by atoms with van der Waals surface area (Å²) in [5.41, 5.74) is -0.186. The van der Waals surface area contributed by atoms with E-state index in [9.17, 15) is 19.4 Å². The number of hydroxylamine groups is 2. The summed E-state index contributed by atoms with van der Waals surface area (Å²) in [6.07, 6.45) is 1.33. The molecule has 22 heavy (non-hydrogen) atoms. The third-order valence-corrected chi connectivity index (χ3v) is 3.48. The van der Waals surface area contributed by atoms with E-state index in [1.165, 1.54) is 0 Å². The summed E-state index contributed by atoms with van der Waals surface area (Å²) in [6, 6.07) is 0.702. The number of hydrogen-bond donors (Lipinski definition) is 2. The molecule has 0 spiro atoms. The van der Waals surface area contributed by atoms with Gasteiger partial charge >= 0.3 is 13.0 Å². The van der Waals surface area contributed by atoms with Gasteiger partial charge in [-0.2, -0.15) is 0 Å². The molecule has 1 fully saturated rings. The molecule has 2 aliphatic rings. The Morgan fingerprint density at radius 1 is 1.59 bits per heavy atom. The highest BCUT2D eigenvalue weighted by Gasteiger charge is 2.40.